The molecule has 6 heteroatoms. The number of nitrogens with zero attached hydrogens (tertiary/aromatic N) is 1. The van der Waals surface area contributed by atoms with Crippen LogP contribution in [0.2, 0.25) is 0 Å². The Labute approximate surface area is 125 Å². The van der Waals surface area contributed by atoms with Crippen LogP contribution in [0.1, 0.15) is 25.0 Å². The minimum Gasteiger partial charge on any atom is -0.483 e. The predicted molar refractivity (Wildman–Crippen MR) is 75.7 cm³/mol. The summed E-state index contributed by atoms with van der Waals surface area (Å²) in [6, 6.07) is 5.59. The van der Waals surface area contributed by atoms with Crippen LogP contribution in [0.15, 0.2) is 22.7 Å². The summed E-state index contributed by atoms with van der Waals surface area (Å²) >= 11 is 3.39. The summed E-state index contributed by atoms with van der Waals surface area (Å²) < 4.78 is 11.9. The lowest BCUT2D eigenvalue weighted by Gasteiger charge is -2.51. The maximum absolute atomic E-state index is 11.6. The zero-order chi connectivity index (χ0) is 14.3. The Morgan fingerprint density at radius 2 is 2.35 bits per heavy atom. The fourth-order valence-electron chi connectivity index (χ4n) is 2.80. The van der Waals surface area contributed by atoms with Crippen molar-refractivity contribution in [2.45, 2.75) is 25.0 Å². The molecule has 2 aliphatic rings. The highest BCUT2D eigenvalue weighted by atomic mass is 79.9. The van der Waals surface area contributed by atoms with Crippen molar-refractivity contribution in [2.24, 2.45) is 0 Å². The first-order valence-corrected chi connectivity index (χ1v) is 7.40. The van der Waals surface area contributed by atoms with Gasteiger partial charge >= 0.3 is 6.09 Å². The van der Waals surface area contributed by atoms with Crippen molar-refractivity contribution >= 4 is 22.0 Å². The second kappa shape index (κ2) is 4.93. The molecule has 0 saturated carbocycles. The molecule has 2 aliphatic heterocycles. The van der Waals surface area contributed by atoms with E-state index in [2.05, 4.69) is 15.9 Å². The number of aliphatic hydroxyl groups is 1. The lowest BCUT2D eigenvalue weighted by molar-refractivity contribution is -0.107. The molecule has 0 aliphatic carbocycles. The molecule has 1 saturated heterocycles. The molecule has 1 spiro atoms. The van der Waals surface area contributed by atoms with Crippen LogP contribution in [0.25, 0.3) is 0 Å². The highest BCUT2D eigenvalue weighted by molar-refractivity contribution is 9.10. The van der Waals surface area contributed by atoms with Crippen molar-refractivity contribution in [1.29, 1.82) is 0 Å². The minimum atomic E-state index is -0.569. The largest absolute Gasteiger partial charge is 0.483 e. The second-order valence-corrected chi connectivity index (χ2v) is 6.16. The Kier molecular flexibility index (Phi) is 3.38. The van der Waals surface area contributed by atoms with Crippen LogP contribution in [0, 0.1) is 0 Å². The van der Waals surface area contributed by atoms with Crippen LogP contribution in [0.4, 0.5) is 4.79 Å². The van der Waals surface area contributed by atoms with Gasteiger partial charge in [-0.15, -0.1) is 0 Å². The molecule has 1 aromatic carbocycles. The van der Waals surface area contributed by atoms with Crippen LogP contribution < -0.4 is 4.74 Å². The summed E-state index contributed by atoms with van der Waals surface area (Å²) in [5.74, 6) is 0.690. The maximum atomic E-state index is 11.6. The van der Waals surface area contributed by atoms with Gasteiger partial charge in [0.1, 0.15) is 11.4 Å². The number of fused-ring (bicyclic) bond motifs is 1. The van der Waals surface area contributed by atoms with E-state index in [0.717, 1.165) is 10.0 Å². The fraction of sp³-hybridized carbons (Fsp3) is 0.500. The molecule has 0 radical (unpaired) electrons. The van der Waals surface area contributed by atoms with Crippen LogP contribution in [-0.2, 0) is 4.74 Å². The topological polar surface area (TPSA) is 59.0 Å². The first kappa shape index (κ1) is 13.7. The van der Waals surface area contributed by atoms with E-state index in [1.54, 1.807) is 11.8 Å². The number of hydrogen-bond donors (Lipinski definition) is 1. The van der Waals surface area contributed by atoms with Gasteiger partial charge < -0.3 is 19.5 Å². The van der Waals surface area contributed by atoms with Gasteiger partial charge in [0.05, 0.1) is 25.8 Å². The Morgan fingerprint density at radius 1 is 1.60 bits per heavy atom. The average molecular weight is 342 g/mol. The monoisotopic (exact) mass is 341 g/mol. The van der Waals surface area contributed by atoms with Crippen LogP contribution in [-0.4, -0.2) is 41.4 Å². The standard InChI is InChI=1S/C14H16BrNO4/c1-2-19-13(18)16-7-14(8-16)6-11(17)10-5-9(15)3-4-12(10)20-14/h3-5,11,17H,2,6-8H2,1H3/t11-/m0/s1. The number of hydrogen-bond acceptors (Lipinski definition) is 4. The third kappa shape index (κ3) is 2.27. The maximum Gasteiger partial charge on any atom is 0.410 e. The molecule has 0 bridgehead atoms. The van der Waals surface area contributed by atoms with E-state index < -0.39 is 11.7 Å². The highest BCUT2D eigenvalue weighted by Gasteiger charge is 2.52. The lowest BCUT2D eigenvalue weighted by atomic mass is 9.83. The molecule has 2 heterocycles. The molecular weight excluding hydrogens is 326 g/mol. The number of ether oxygens (including phenoxy) is 2. The van der Waals surface area contributed by atoms with E-state index in [-0.39, 0.29) is 6.09 Å². The molecule has 1 aromatic rings. The number of likely N-dealkylation sites (tertiary alicyclic amines) is 1. The zero-order valence-corrected chi connectivity index (χ0v) is 12.7. The van der Waals surface area contributed by atoms with Gasteiger partial charge in [0, 0.05) is 16.5 Å². The third-order valence-corrected chi connectivity index (χ3v) is 4.20. The number of halogens is 1. The van der Waals surface area contributed by atoms with Crippen LogP contribution >= 0.6 is 15.9 Å². The minimum absolute atomic E-state index is 0.321. The summed E-state index contributed by atoms with van der Waals surface area (Å²) in [4.78, 5) is 13.2. The van der Waals surface area contributed by atoms with Crippen molar-refractivity contribution in [1.82, 2.24) is 4.90 Å². The molecule has 1 N–H and O–H groups in total. The van der Waals surface area contributed by atoms with Gasteiger partial charge in [0.15, 0.2) is 0 Å². The van der Waals surface area contributed by atoms with Gasteiger partial charge in [-0.05, 0) is 25.1 Å². The number of amides is 1. The predicted octanol–water partition coefficient (Wildman–Crippen LogP) is 2.48. The quantitative estimate of drug-likeness (QED) is 0.852. The molecule has 1 amide bonds. The Bertz CT molecular complexity index is 542. The average Bonchev–Trinajstić information content (AvgIpc) is 2.37. The van der Waals surface area contributed by atoms with E-state index in [9.17, 15) is 9.90 Å². The number of aliphatic hydroxyl groups excluding tert-OH is 1. The molecule has 108 valence electrons. The zero-order valence-electron chi connectivity index (χ0n) is 11.1. The molecule has 1 atom stereocenters. The Hall–Kier alpha value is -1.27. The summed E-state index contributed by atoms with van der Waals surface area (Å²) in [7, 11) is 0. The number of benzene rings is 1. The molecule has 5 nitrogen and oxygen atoms in total. The van der Waals surface area contributed by atoms with Crippen molar-refractivity contribution in [3.05, 3.63) is 28.2 Å². The van der Waals surface area contributed by atoms with Gasteiger partial charge in [-0.1, -0.05) is 15.9 Å². The van der Waals surface area contributed by atoms with Gasteiger partial charge in [0.2, 0.25) is 0 Å². The van der Waals surface area contributed by atoms with Gasteiger partial charge in [0.25, 0.3) is 0 Å². The summed E-state index contributed by atoms with van der Waals surface area (Å²) in [5, 5.41) is 10.3. The first-order valence-electron chi connectivity index (χ1n) is 6.61. The SMILES string of the molecule is CCOC(=O)N1CC2(C[C@H](O)c3cc(Br)ccc3O2)C1. The van der Waals surface area contributed by atoms with Crippen molar-refractivity contribution < 1.29 is 19.4 Å². The molecule has 20 heavy (non-hydrogen) atoms. The van der Waals surface area contributed by atoms with Crippen molar-refractivity contribution in [3.8, 4) is 5.75 Å². The number of carbonyl (C=O) groups excluding carboxylic acids is 1. The second-order valence-electron chi connectivity index (χ2n) is 5.24. The van der Waals surface area contributed by atoms with E-state index in [1.165, 1.54) is 0 Å². The molecule has 0 unspecified atom stereocenters. The molecular formula is C14H16BrNO4. The molecule has 0 aromatic heterocycles. The molecule has 1 fully saturated rings. The van der Waals surface area contributed by atoms with Crippen molar-refractivity contribution in [2.75, 3.05) is 19.7 Å². The van der Waals surface area contributed by atoms with Crippen molar-refractivity contribution in [3.63, 3.8) is 0 Å². The third-order valence-electron chi connectivity index (χ3n) is 3.71. The van der Waals surface area contributed by atoms with E-state index in [4.69, 9.17) is 9.47 Å². The number of rotatable bonds is 1. The summed E-state index contributed by atoms with van der Waals surface area (Å²) in [6.45, 7) is 3.06. The van der Waals surface area contributed by atoms with E-state index in [0.29, 0.717) is 31.9 Å². The van der Waals surface area contributed by atoms with E-state index >= 15 is 0 Å². The fourth-order valence-corrected chi connectivity index (χ4v) is 3.18. The normalized spacial score (nSPS) is 22.8. The first-order chi connectivity index (χ1) is 9.53. The highest BCUT2D eigenvalue weighted by Crippen LogP contribution is 2.44. The van der Waals surface area contributed by atoms with E-state index in [1.807, 2.05) is 18.2 Å². The summed E-state index contributed by atoms with van der Waals surface area (Å²) in [6.07, 6.45) is -0.398. The Balaban J connectivity index is 1.74. The van der Waals surface area contributed by atoms with Crippen LogP contribution in [0.3, 0.4) is 0 Å². The van der Waals surface area contributed by atoms with Crippen LogP contribution in [0.5, 0.6) is 5.75 Å². The molecule has 3 rings (SSSR count). The number of carbonyl (C=O) groups is 1. The lowest BCUT2D eigenvalue weighted by Crippen LogP contribution is -2.67. The van der Waals surface area contributed by atoms with Gasteiger partial charge in [-0.2, -0.15) is 0 Å². The van der Waals surface area contributed by atoms with Gasteiger partial charge in [-0.3, -0.25) is 0 Å². The summed E-state index contributed by atoms with van der Waals surface area (Å²) in [5.41, 5.74) is 0.312. The smallest absolute Gasteiger partial charge is 0.410 e. The van der Waals surface area contributed by atoms with Gasteiger partial charge in [-0.25, -0.2) is 4.79 Å². The Morgan fingerprint density at radius 3 is 3.05 bits per heavy atom.